The minimum Gasteiger partial charge on any atom is -0.324 e. The molecular formula is C7H12N4O2S. The van der Waals surface area contributed by atoms with Gasteiger partial charge in [0.25, 0.3) is 0 Å². The van der Waals surface area contributed by atoms with Gasteiger partial charge < -0.3 is 10.3 Å². The highest BCUT2D eigenvalue weighted by Gasteiger charge is 2.30. The highest BCUT2D eigenvalue weighted by molar-refractivity contribution is 7.91. The van der Waals surface area contributed by atoms with Crippen molar-refractivity contribution in [1.29, 1.82) is 0 Å². The predicted octanol–water partition coefficient (Wildman–Crippen LogP) is -0.904. The molecule has 0 saturated carbocycles. The molecule has 1 saturated heterocycles. The predicted molar refractivity (Wildman–Crippen MR) is 50.2 cm³/mol. The van der Waals surface area contributed by atoms with Crippen molar-refractivity contribution in [2.45, 2.75) is 19.0 Å². The van der Waals surface area contributed by atoms with Gasteiger partial charge in [-0.05, 0) is 6.42 Å². The summed E-state index contributed by atoms with van der Waals surface area (Å²) >= 11 is 0. The first-order valence-corrected chi connectivity index (χ1v) is 6.23. The second kappa shape index (κ2) is 3.32. The van der Waals surface area contributed by atoms with Crippen molar-refractivity contribution < 1.29 is 8.42 Å². The van der Waals surface area contributed by atoms with Gasteiger partial charge >= 0.3 is 0 Å². The van der Waals surface area contributed by atoms with E-state index in [9.17, 15) is 8.42 Å². The van der Waals surface area contributed by atoms with Crippen molar-refractivity contribution in [2.24, 2.45) is 5.73 Å². The highest BCUT2D eigenvalue weighted by atomic mass is 32.2. The average Bonchev–Trinajstić information content (AvgIpc) is 2.70. The lowest BCUT2D eigenvalue weighted by molar-refractivity contribution is 0.531. The molecule has 1 aliphatic heterocycles. The molecule has 78 valence electrons. The molecule has 7 heteroatoms. The van der Waals surface area contributed by atoms with Gasteiger partial charge in [-0.2, -0.15) is 0 Å². The Labute approximate surface area is 82.0 Å². The van der Waals surface area contributed by atoms with Crippen LogP contribution in [-0.2, 0) is 16.4 Å². The molecule has 0 aromatic carbocycles. The van der Waals surface area contributed by atoms with E-state index < -0.39 is 9.84 Å². The van der Waals surface area contributed by atoms with Gasteiger partial charge in [-0.15, -0.1) is 10.2 Å². The fourth-order valence-corrected chi connectivity index (χ4v) is 3.42. The van der Waals surface area contributed by atoms with Crippen molar-refractivity contribution >= 4 is 9.84 Å². The van der Waals surface area contributed by atoms with Gasteiger partial charge in [0.05, 0.1) is 24.1 Å². The topological polar surface area (TPSA) is 90.9 Å². The van der Waals surface area contributed by atoms with E-state index in [0.717, 1.165) is 0 Å². The quantitative estimate of drug-likeness (QED) is 0.691. The molecular weight excluding hydrogens is 204 g/mol. The Morgan fingerprint density at radius 1 is 1.64 bits per heavy atom. The second-order valence-electron chi connectivity index (χ2n) is 3.42. The van der Waals surface area contributed by atoms with Crippen LogP contribution < -0.4 is 5.73 Å². The SMILES string of the molecule is NCc1nncn1C1CCS(=O)(=O)C1. The molecule has 1 unspecified atom stereocenters. The average molecular weight is 216 g/mol. The maximum atomic E-state index is 11.3. The molecule has 0 bridgehead atoms. The standard InChI is InChI=1S/C7H12N4O2S/c8-3-7-10-9-5-11(7)6-1-2-14(12,13)4-6/h5-6H,1-4,8H2. The van der Waals surface area contributed by atoms with Crippen LogP contribution in [0.5, 0.6) is 0 Å². The first kappa shape index (κ1) is 9.60. The molecule has 6 nitrogen and oxygen atoms in total. The summed E-state index contributed by atoms with van der Waals surface area (Å²) in [5.41, 5.74) is 5.46. The Morgan fingerprint density at radius 3 is 3.00 bits per heavy atom. The van der Waals surface area contributed by atoms with Gasteiger partial charge in [-0.25, -0.2) is 8.42 Å². The van der Waals surface area contributed by atoms with Crippen LogP contribution in [0.3, 0.4) is 0 Å². The Morgan fingerprint density at radius 2 is 2.43 bits per heavy atom. The highest BCUT2D eigenvalue weighted by Crippen LogP contribution is 2.23. The maximum absolute atomic E-state index is 11.3. The third-order valence-corrected chi connectivity index (χ3v) is 4.18. The van der Waals surface area contributed by atoms with Crippen molar-refractivity contribution in [3.05, 3.63) is 12.2 Å². The molecule has 1 atom stereocenters. The maximum Gasteiger partial charge on any atom is 0.152 e. The van der Waals surface area contributed by atoms with Crippen LogP contribution in [0.4, 0.5) is 0 Å². The molecule has 2 N–H and O–H groups in total. The number of hydrogen-bond acceptors (Lipinski definition) is 5. The second-order valence-corrected chi connectivity index (χ2v) is 5.64. The minimum atomic E-state index is -2.86. The van der Waals surface area contributed by atoms with Crippen molar-refractivity contribution in [1.82, 2.24) is 14.8 Å². The number of nitrogens with zero attached hydrogens (tertiary/aromatic N) is 3. The molecule has 2 rings (SSSR count). The lowest BCUT2D eigenvalue weighted by atomic mass is 10.2. The Balaban J connectivity index is 2.25. The third kappa shape index (κ3) is 1.64. The summed E-state index contributed by atoms with van der Waals surface area (Å²) in [5.74, 6) is 1.07. The minimum absolute atomic E-state index is 0.0338. The van der Waals surface area contributed by atoms with E-state index in [2.05, 4.69) is 10.2 Å². The van der Waals surface area contributed by atoms with E-state index >= 15 is 0 Å². The zero-order chi connectivity index (χ0) is 10.2. The molecule has 1 fully saturated rings. The van der Waals surface area contributed by atoms with Crippen LogP contribution in [0.25, 0.3) is 0 Å². The van der Waals surface area contributed by atoms with Crippen LogP contribution in [0.2, 0.25) is 0 Å². The number of sulfone groups is 1. The summed E-state index contributed by atoms with van der Waals surface area (Å²) in [6.45, 7) is 0.288. The fraction of sp³-hybridized carbons (Fsp3) is 0.714. The van der Waals surface area contributed by atoms with E-state index in [1.165, 1.54) is 0 Å². The summed E-state index contributed by atoms with van der Waals surface area (Å²) in [6.07, 6.45) is 2.18. The van der Waals surface area contributed by atoms with Crippen molar-refractivity contribution in [3.63, 3.8) is 0 Å². The molecule has 0 radical (unpaired) electrons. The number of hydrogen-bond donors (Lipinski definition) is 1. The lowest BCUT2D eigenvalue weighted by Crippen LogP contribution is -2.15. The fourth-order valence-electron chi connectivity index (χ4n) is 1.71. The molecule has 1 aromatic rings. The first-order valence-electron chi connectivity index (χ1n) is 4.41. The monoisotopic (exact) mass is 216 g/mol. The molecule has 1 aromatic heterocycles. The summed E-state index contributed by atoms with van der Waals surface area (Å²) in [5, 5.41) is 7.54. The van der Waals surface area contributed by atoms with E-state index in [1.807, 2.05) is 0 Å². The molecule has 0 spiro atoms. The van der Waals surface area contributed by atoms with Gasteiger partial charge in [0, 0.05) is 0 Å². The summed E-state index contributed by atoms with van der Waals surface area (Å²) in [4.78, 5) is 0. The van der Waals surface area contributed by atoms with Crippen LogP contribution in [0, 0.1) is 0 Å². The molecule has 0 aliphatic carbocycles. The van der Waals surface area contributed by atoms with Crippen molar-refractivity contribution in [2.75, 3.05) is 11.5 Å². The number of nitrogens with two attached hydrogens (primary N) is 1. The zero-order valence-corrected chi connectivity index (χ0v) is 8.44. The number of aromatic nitrogens is 3. The van der Waals surface area contributed by atoms with E-state index in [0.29, 0.717) is 12.2 Å². The summed E-state index contributed by atoms with van der Waals surface area (Å²) < 4.78 is 24.3. The summed E-state index contributed by atoms with van der Waals surface area (Å²) in [6, 6.07) is -0.0338. The summed E-state index contributed by atoms with van der Waals surface area (Å²) in [7, 11) is -2.86. The third-order valence-electron chi connectivity index (χ3n) is 2.43. The lowest BCUT2D eigenvalue weighted by Gasteiger charge is -2.10. The Kier molecular flexibility index (Phi) is 2.28. The molecule has 2 heterocycles. The van der Waals surface area contributed by atoms with Gasteiger partial charge in [-0.3, -0.25) is 0 Å². The largest absolute Gasteiger partial charge is 0.324 e. The van der Waals surface area contributed by atoms with Crippen molar-refractivity contribution in [3.8, 4) is 0 Å². The number of rotatable bonds is 2. The van der Waals surface area contributed by atoms with Crippen LogP contribution in [0.1, 0.15) is 18.3 Å². The molecule has 0 amide bonds. The van der Waals surface area contributed by atoms with Crippen LogP contribution in [-0.4, -0.2) is 34.7 Å². The van der Waals surface area contributed by atoms with E-state index in [4.69, 9.17) is 5.73 Å². The van der Waals surface area contributed by atoms with Crippen LogP contribution >= 0.6 is 0 Å². The van der Waals surface area contributed by atoms with Gasteiger partial charge in [0.2, 0.25) is 0 Å². The smallest absolute Gasteiger partial charge is 0.152 e. The van der Waals surface area contributed by atoms with Gasteiger partial charge in [-0.1, -0.05) is 0 Å². The van der Waals surface area contributed by atoms with Gasteiger partial charge in [0.15, 0.2) is 9.84 Å². The normalized spacial score (nSPS) is 25.4. The van der Waals surface area contributed by atoms with E-state index in [-0.39, 0.29) is 24.1 Å². The van der Waals surface area contributed by atoms with Gasteiger partial charge in [0.1, 0.15) is 12.2 Å². The Bertz CT molecular complexity index is 425. The first-order chi connectivity index (χ1) is 6.62. The molecule has 14 heavy (non-hydrogen) atoms. The zero-order valence-electron chi connectivity index (χ0n) is 7.63. The molecule has 1 aliphatic rings. The van der Waals surface area contributed by atoms with E-state index in [1.54, 1.807) is 10.9 Å². The Hall–Kier alpha value is -0.950. The van der Waals surface area contributed by atoms with Crippen LogP contribution in [0.15, 0.2) is 6.33 Å².